The van der Waals surface area contributed by atoms with Crippen LogP contribution in [0, 0.1) is 5.92 Å². The van der Waals surface area contributed by atoms with Crippen molar-refractivity contribution in [3.05, 3.63) is 0 Å². The van der Waals surface area contributed by atoms with Crippen molar-refractivity contribution in [1.29, 1.82) is 0 Å². The molecule has 5 atom stereocenters. The Morgan fingerprint density at radius 3 is 0.680 bits per heavy atom. The van der Waals surface area contributed by atoms with Crippen LogP contribution in [0.4, 0.5) is 0 Å². The fraction of sp³-hybridized carbons (Fsp3) is 0.951. The predicted octanol–water partition coefficient (Wildman–Crippen LogP) is 24.4. The average Bonchev–Trinajstić information content (AvgIpc) is 0.967. The van der Waals surface area contributed by atoms with Crippen LogP contribution in [0.2, 0.25) is 0 Å². The molecule has 0 rings (SSSR count). The van der Waals surface area contributed by atoms with Crippen LogP contribution in [-0.4, -0.2) is 96.7 Å². The first-order valence-corrected chi connectivity index (χ1v) is 45.1. The number of ether oxygens (including phenoxy) is 4. The number of carbonyl (C=O) groups excluding carboxylic acids is 4. The lowest BCUT2D eigenvalue weighted by Gasteiger charge is -2.21. The molecule has 2 unspecified atom stereocenters. The molecule has 0 spiro atoms. The Labute approximate surface area is 613 Å². The lowest BCUT2D eigenvalue weighted by atomic mass is 10.0. The summed E-state index contributed by atoms with van der Waals surface area (Å²) in [6.07, 6.45) is 65.4. The third-order valence-corrected chi connectivity index (χ3v) is 20.9. The van der Waals surface area contributed by atoms with Gasteiger partial charge in [0.1, 0.15) is 19.3 Å². The monoisotopic (exact) mass is 1470 g/mol. The molecular formula is C81H158O17P2. The van der Waals surface area contributed by atoms with Crippen molar-refractivity contribution in [3.8, 4) is 0 Å². The lowest BCUT2D eigenvalue weighted by molar-refractivity contribution is -0.161. The first kappa shape index (κ1) is 98.1. The quantitative estimate of drug-likeness (QED) is 0.0222. The number of phosphoric acid groups is 2. The van der Waals surface area contributed by atoms with Crippen LogP contribution in [-0.2, 0) is 65.4 Å². The van der Waals surface area contributed by atoms with E-state index in [1.807, 2.05) is 0 Å². The van der Waals surface area contributed by atoms with Gasteiger partial charge in [-0.25, -0.2) is 9.13 Å². The van der Waals surface area contributed by atoms with Gasteiger partial charge in [-0.2, -0.15) is 0 Å². The van der Waals surface area contributed by atoms with Crippen molar-refractivity contribution in [1.82, 2.24) is 0 Å². The minimum atomic E-state index is -4.96. The molecule has 0 bridgehead atoms. The number of aliphatic hydroxyl groups excluding tert-OH is 1. The summed E-state index contributed by atoms with van der Waals surface area (Å²) in [5, 5.41) is 10.6. The van der Waals surface area contributed by atoms with Gasteiger partial charge in [-0.15, -0.1) is 0 Å². The zero-order chi connectivity index (χ0) is 73.4. The fourth-order valence-corrected chi connectivity index (χ4v) is 14.2. The molecule has 594 valence electrons. The van der Waals surface area contributed by atoms with Crippen LogP contribution >= 0.6 is 15.6 Å². The molecule has 100 heavy (non-hydrogen) atoms. The second kappa shape index (κ2) is 73.9. The van der Waals surface area contributed by atoms with E-state index in [-0.39, 0.29) is 25.7 Å². The third-order valence-electron chi connectivity index (χ3n) is 19.0. The molecule has 0 aliphatic heterocycles. The number of aliphatic hydroxyl groups is 1. The van der Waals surface area contributed by atoms with Gasteiger partial charge in [0.15, 0.2) is 12.2 Å². The summed E-state index contributed by atoms with van der Waals surface area (Å²) in [4.78, 5) is 72.9. The first-order valence-electron chi connectivity index (χ1n) is 42.1. The first-order chi connectivity index (χ1) is 48.5. The number of phosphoric ester groups is 2. The zero-order valence-electron chi connectivity index (χ0n) is 65.3. The lowest BCUT2D eigenvalue weighted by Crippen LogP contribution is -2.30. The fourth-order valence-electron chi connectivity index (χ4n) is 12.6. The molecule has 0 heterocycles. The zero-order valence-corrected chi connectivity index (χ0v) is 67.1. The maximum Gasteiger partial charge on any atom is 0.472 e. The van der Waals surface area contributed by atoms with E-state index in [4.69, 9.17) is 37.0 Å². The molecule has 17 nitrogen and oxygen atoms in total. The summed E-state index contributed by atoms with van der Waals surface area (Å²) >= 11 is 0. The smallest absolute Gasteiger partial charge is 0.462 e. The molecule has 0 radical (unpaired) electrons. The molecule has 0 saturated carbocycles. The van der Waals surface area contributed by atoms with Gasteiger partial charge in [0.25, 0.3) is 0 Å². The molecule has 19 heteroatoms. The minimum Gasteiger partial charge on any atom is -0.462 e. The highest BCUT2D eigenvalue weighted by molar-refractivity contribution is 7.47. The van der Waals surface area contributed by atoms with E-state index < -0.39 is 97.5 Å². The minimum absolute atomic E-state index is 0.108. The van der Waals surface area contributed by atoms with E-state index in [1.165, 1.54) is 250 Å². The number of carbonyl (C=O) groups is 4. The van der Waals surface area contributed by atoms with Crippen molar-refractivity contribution >= 4 is 39.5 Å². The summed E-state index contributed by atoms with van der Waals surface area (Å²) < 4.78 is 68.6. The van der Waals surface area contributed by atoms with Crippen LogP contribution in [0.5, 0.6) is 0 Å². The molecule has 0 aliphatic carbocycles. The van der Waals surface area contributed by atoms with Gasteiger partial charge in [-0.1, -0.05) is 381 Å². The number of unbranched alkanes of at least 4 members (excludes halogenated alkanes) is 53. The van der Waals surface area contributed by atoms with Gasteiger partial charge < -0.3 is 33.8 Å². The van der Waals surface area contributed by atoms with Gasteiger partial charge >= 0.3 is 39.5 Å². The predicted molar refractivity (Wildman–Crippen MR) is 409 cm³/mol. The van der Waals surface area contributed by atoms with Gasteiger partial charge in [0.05, 0.1) is 26.4 Å². The Kier molecular flexibility index (Phi) is 72.5. The Bertz CT molecular complexity index is 1910. The number of rotatable bonds is 81. The molecule has 0 saturated heterocycles. The normalized spacial score (nSPS) is 13.8. The maximum absolute atomic E-state index is 13.1. The summed E-state index contributed by atoms with van der Waals surface area (Å²) in [5.74, 6) is -1.32. The average molecular weight is 1470 g/mol. The van der Waals surface area contributed by atoms with E-state index in [0.29, 0.717) is 25.7 Å². The highest BCUT2D eigenvalue weighted by Crippen LogP contribution is 2.45. The standard InChI is InChI=1S/C81H158O17P2/c1-6-9-12-15-18-21-23-25-27-28-29-30-31-32-33-34-38-43-47-52-57-62-67-81(86)98-77(71-92-79(84)65-60-55-50-45-41-39-35-36-40-44-48-53-58-63-74(4)5)73-96-100(89,90)94-69-75(82)68-93-99(87,88)95-72-76(70-91-78(83)64-59-54-49-20-17-14-11-8-3)97-80(85)66-61-56-51-46-42-37-26-24-22-19-16-13-10-7-2/h74-77,82H,6-73H2,1-5H3,(H,87,88)(H,89,90)/t75-,76+,77+/m0/s1. The van der Waals surface area contributed by atoms with E-state index >= 15 is 0 Å². The Balaban J connectivity index is 5.18. The van der Waals surface area contributed by atoms with Crippen LogP contribution in [0.15, 0.2) is 0 Å². The topological polar surface area (TPSA) is 237 Å². The van der Waals surface area contributed by atoms with Crippen molar-refractivity contribution in [2.75, 3.05) is 39.6 Å². The van der Waals surface area contributed by atoms with Gasteiger partial charge in [0, 0.05) is 25.7 Å². The molecule has 0 amide bonds. The molecule has 0 aromatic carbocycles. The SMILES string of the molecule is CCCCCCCCCCCCCCCCCCCCCCCCC(=O)O[C@H](COC(=O)CCCCCCCCCCCCCCCC(C)C)COP(=O)(O)OC[C@@H](O)COP(=O)(O)OC[C@@H](COC(=O)CCCCCCCCCC)OC(=O)CCCCCCCCCCCCCCCC. The van der Waals surface area contributed by atoms with E-state index in [1.54, 1.807) is 0 Å². The maximum atomic E-state index is 13.1. The van der Waals surface area contributed by atoms with Crippen LogP contribution in [0.25, 0.3) is 0 Å². The Morgan fingerprint density at radius 2 is 0.460 bits per heavy atom. The second-order valence-electron chi connectivity index (χ2n) is 29.6. The Morgan fingerprint density at radius 1 is 0.270 bits per heavy atom. The van der Waals surface area contributed by atoms with Crippen LogP contribution in [0.3, 0.4) is 0 Å². The highest BCUT2D eigenvalue weighted by atomic mass is 31.2. The highest BCUT2D eigenvalue weighted by Gasteiger charge is 2.30. The second-order valence-corrected chi connectivity index (χ2v) is 32.5. The summed E-state index contributed by atoms with van der Waals surface area (Å²) in [6.45, 7) is 7.32. The van der Waals surface area contributed by atoms with Crippen molar-refractivity contribution in [2.24, 2.45) is 5.92 Å². The Hall–Kier alpha value is -1.94. The summed E-state index contributed by atoms with van der Waals surface area (Å²) in [6, 6.07) is 0. The van der Waals surface area contributed by atoms with Crippen LogP contribution in [0.1, 0.15) is 433 Å². The molecule has 3 N–H and O–H groups in total. The summed E-state index contributed by atoms with van der Waals surface area (Å²) in [7, 11) is -9.91. The molecule has 0 aliphatic rings. The third kappa shape index (κ3) is 74.3. The number of hydrogen-bond donors (Lipinski definition) is 3. The van der Waals surface area contributed by atoms with Gasteiger partial charge in [-0.3, -0.25) is 37.3 Å². The summed E-state index contributed by atoms with van der Waals surface area (Å²) in [5.41, 5.74) is 0. The van der Waals surface area contributed by atoms with E-state index in [2.05, 4.69) is 34.6 Å². The van der Waals surface area contributed by atoms with Crippen molar-refractivity contribution in [2.45, 2.75) is 451 Å². The van der Waals surface area contributed by atoms with Crippen molar-refractivity contribution < 1.29 is 80.2 Å². The number of esters is 4. The van der Waals surface area contributed by atoms with E-state index in [0.717, 1.165) is 102 Å². The molecular weight excluding hydrogens is 1310 g/mol. The molecule has 0 aromatic rings. The largest absolute Gasteiger partial charge is 0.472 e. The van der Waals surface area contributed by atoms with Gasteiger partial charge in [-0.05, 0) is 31.6 Å². The van der Waals surface area contributed by atoms with Crippen molar-refractivity contribution in [3.63, 3.8) is 0 Å². The molecule has 0 fully saturated rings. The van der Waals surface area contributed by atoms with Gasteiger partial charge in [0.2, 0.25) is 0 Å². The number of hydrogen-bond acceptors (Lipinski definition) is 15. The van der Waals surface area contributed by atoms with Crippen LogP contribution < -0.4 is 0 Å². The van der Waals surface area contributed by atoms with E-state index in [9.17, 15) is 43.2 Å². The molecule has 0 aromatic heterocycles.